The van der Waals surface area contributed by atoms with Gasteiger partial charge in [-0.25, -0.2) is 4.98 Å². The lowest BCUT2D eigenvalue weighted by molar-refractivity contribution is -0.140. The van der Waals surface area contributed by atoms with Crippen LogP contribution in [0, 0.1) is 0 Å². The van der Waals surface area contributed by atoms with Gasteiger partial charge in [0.1, 0.15) is 16.9 Å². The van der Waals surface area contributed by atoms with Gasteiger partial charge in [0.25, 0.3) is 5.91 Å². The molecular formula is C34H31Cl2N5O5S. The SMILES string of the molecule is COC(=O)CCc1cnc([C@@H]2C[C@H](Oc3cccnc3)CN2C(=O)Cc2cc(Cl)c(NC(=O)c3cn(C)c4ccccc34)cc2Cl)s1. The van der Waals surface area contributed by atoms with Gasteiger partial charge in [-0.15, -0.1) is 11.3 Å². The highest BCUT2D eigenvalue weighted by Crippen LogP contribution is 2.38. The van der Waals surface area contributed by atoms with E-state index in [-0.39, 0.29) is 47.8 Å². The van der Waals surface area contributed by atoms with E-state index in [1.54, 1.807) is 47.9 Å². The molecule has 0 spiro atoms. The van der Waals surface area contributed by atoms with Crippen LogP contribution >= 0.6 is 34.5 Å². The number of anilines is 1. The Balaban J connectivity index is 1.19. The van der Waals surface area contributed by atoms with Crippen molar-refractivity contribution in [2.45, 2.75) is 37.8 Å². The lowest BCUT2D eigenvalue weighted by Crippen LogP contribution is -2.33. The summed E-state index contributed by atoms with van der Waals surface area (Å²) in [5, 5.41) is 5.00. The predicted octanol–water partition coefficient (Wildman–Crippen LogP) is 6.66. The van der Waals surface area contributed by atoms with E-state index >= 15 is 0 Å². The molecule has 6 rings (SSSR count). The van der Waals surface area contributed by atoms with E-state index in [0.29, 0.717) is 47.0 Å². The summed E-state index contributed by atoms with van der Waals surface area (Å²) in [4.78, 5) is 50.2. The van der Waals surface area contributed by atoms with Crippen molar-refractivity contribution in [1.29, 1.82) is 0 Å². The number of rotatable bonds is 10. The number of nitrogens with one attached hydrogen (secondary N) is 1. The van der Waals surface area contributed by atoms with Crippen LogP contribution in [0.2, 0.25) is 10.0 Å². The third kappa shape index (κ3) is 7.27. The van der Waals surface area contributed by atoms with Crippen molar-refractivity contribution < 1.29 is 23.9 Å². The smallest absolute Gasteiger partial charge is 0.305 e. The minimum atomic E-state index is -0.338. The second kappa shape index (κ2) is 14.1. The van der Waals surface area contributed by atoms with Gasteiger partial charge in [-0.3, -0.25) is 19.4 Å². The number of thiazole rings is 1. The van der Waals surface area contributed by atoms with Crippen molar-refractivity contribution in [2.75, 3.05) is 19.0 Å². The van der Waals surface area contributed by atoms with Crippen LogP contribution in [0.3, 0.4) is 0 Å². The first-order chi connectivity index (χ1) is 22.7. The van der Waals surface area contributed by atoms with E-state index in [0.717, 1.165) is 20.8 Å². The molecule has 242 valence electrons. The zero-order chi connectivity index (χ0) is 33.1. The Hall–Kier alpha value is -4.45. The summed E-state index contributed by atoms with van der Waals surface area (Å²) in [5.41, 5.74) is 2.31. The number of esters is 1. The standard InChI is InChI=1S/C34H31Cl2N5O5S/c1-40-19-25(24-7-3-4-8-29(24)40)33(44)39-28-15-26(35)20(12-27(28)36)13-31(42)41-18-22(46-21-6-5-11-37-16-21)14-30(41)34-38-17-23(47-34)9-10-32(43)45-2/h3-8,11-12,15-17,19,22,30H,9-10,13-14,18H2,1-2H3,(H,39,44)/t22-,30-/m0/s1. The maximum absolute atomic E-state index is 13.9. The number of methoxy groups -OCH3 is 1. The fraction of sp³-hybridized carbons (Fsp3) is 0.265. The van der Waals surface area contributed by atoms with Crippen LogP contribution in [-0.2, 0) is 34.2 Å². The Morgan fingerprint density at radius 2 is 1.91 bits per heavy atom. The number of benzene rings is 2. The third-order valence-electron chi connectivity index (χ3n) is 8.05. The van der Waals surface area contributed by atoms with Crippen molar-refractivity contribution in [3.8, 4) is 5.75 Å². The van der Waals surface area contributed by atoms with Gasteiger partial charge >= 0.3 is 5.97 Å². The number of halogens is 2. The van der Waals surface area contributed by atoms with Gasteiger partial charge in [-0.2, -0.15) is 0 Å². The Morgan fingerprint density at radius 1 is 1.09 bits per heavy atom. The number of nitrogens with zero attached hydrogens (tertiary/aromatic N) is 4. The number of likely N-dealkylation sites (tertiary alicyclic amines) is 1. The molecule has 0 unspecified atom stereocenters. The number of fused-ring (bicyclic) bond motifs is 1. The number of carbonyl (C=O) groups excluding carboxylic acids is 3. The lowest BCUT2D eigenvalue weighted by Gasteiger charge is -2.23. The van der Waals surface area contributed by atoms with Crippen molar-refractivity contribution in [1.82, 2.24) is 19.4 Å². The minimum Gasteiger partial charge on any atom is -0.487 e. The van der Waals surface area contributed by atoms with E-state index in [1.807, 2.05) is 41.9 Å². The Morgan fingerprint density at radius 3 is 2.70 bits per heavy atom. The molecule has 3 aromatic heterocycles. The zero-order valence-electron chi connectivity index (χ0n) is 25.6. The van der Waals surface area contributed by atoms with Crippen molar-refractivity contribution in [2.24, 2.45) is 7.05 Å². The van der Waals surface area contributed by atoms with Crippen LogP contribution in [0.1, 0.15) is 44.7 Å². The molecule has 10 nitrogen and oxygen atoms in total. The Labute approximate surface area is 285 Å². The first-order valence-electron chi connectivity index (χ1n) is 14.9. The van der Waals surface area contributed by atoms with Crippen molar-refractivity contribution >= 4 is 68.9 Å². The molecule has 1 N–H and O–H groups in total. The molecule has 1 aliphatic rings. The van der Waals surface area contributed by atoms with Gasteiger partial charge in [0.2, 0.25) is 5.91 Å². The van der Waals surface area contributed by atoms with Gasteiger partial charge in [-0.1, -0.05) is 41.4 Å². The molecule has 0 radical (unpaired) electrons. The highest BCUT2D eigenvalue weighted by Gasteiger charge is 2.39. The molecule has 0 bridgehead atoms. The number of aryl methyl sites for hydroxylation is 2. The predicted molar refractivity (Wildman–Crippen MR) is 181 cm³/mol. The van der Waals surface area contributed by atoms with E-state index in [9.17, 15) is 14.4 Å². The van der Waals surface area contributed by atoms with E-state index in [4.69, 9.17) is 32.7 Å². The molecule has 47 heavy (non-hydrogen) atoms. The molecular weight excluding hydrogens is 661 g/mol. The lowest BCUT2D eigenvalue weighted by atomic mass is 10.1. The summed E-state index contributed by atoms with van der Waals surface area (Å²) >= 11 is 14.8. The summed E-state index contributed by atoms with van der Waals surface area (Å²) < 4.78 is 12.8. The highest BCUT2D eigenvalue weighted by molar-refractivity contribution is 7.11. The van der Waals surface area contributed by atoms with Gasteiger partial charge in [-0.05, 0) is 42.3 Å². The fourth-order valence-corrected chi connectivity index (χ4v) is 7.22. The second-order valence-corrected chi connectivity index (χ2v) is 13.2. The summed E-state index contributed by atoms with van der Waals surface area (Å²) in [7, 11) is 3.24. The molecule has 1 fully saturated rings. The first kappa shape index (κ1) is 32.5. The van der Waals surface area contributed by atoms with Crippen LogP contribution in [0.4, 0.5) is 5.69 Å². The van der Waals surface area contributed by atoms with Gasteiger partial charge in [0.15, 0.2) is 0 Å². The van der Waals surface area contributed by atoms with E-state index < -0.39 is 0 Å². The molecule has 0 aliphatic carbocycles. The number of para-hydroxylation sites is 1. The Kier molecular flexibility index (Phi) is 9.76. The molecule has 1 saturated heterocycles. The van der Waals surface area contributed by atoms with E-state index in [1.165, 1.54) is 18.4 Å². The first-order valence-corrected chi connectivity index (χ1v) is 16.5. The zero-order valence-corrected chi connectivity index (χ0v) is 27.9. The number of amides is 2. The van der Waals surface area contributed by atoms with Gasteiger partial charge in [0, 0.05) is 52.9 Å². The molecule has 0 saturated carbocycles. The van der Waals surface area contributed by atoms with Crippen molar-refractivity contribution in [3.63, 3.8) is 0 Å². The molecule has 5 aromatic rings. The molecule has 2 amide bonds. The maximum Gasteiger partial charge on any atom is 0.305 e. The Bertz CT molecular complexity index is 1950. The largest absolute Gasteiger partial charge is 0.487 e. The second-order valence-electron chi connectivity index (χ2n) is 11.2. The molecule has 2 atom stereocenters. The van der Waals surface area contributed by atoms with Crippen LogP contribution in [0.25, 0.3) is 10.9 Å². The van der Waals surface area contributed by atoms with Crippen molar-refractivity contribution in [3.05, 3.63) is 104 Å². The topological polar surface area (TPSA) is 116 Å². The number of aromatic nitrogens is 3. The average Bonchev–Trinajstić information content (AvgIpc) is 3.80. The monoisotopic (exact) mass is 691 g/mol. The molecule has 13 heteroatoms. The van der Waals surface area contributed by atoms with Crippen LogP contribution < -0.4 is 10.1 Å². The van der Waals surface area contributed by atoms with Crippen LogP contribution in [-0.4, -0.2) is 57.0 Å². The van der Waals surface area contributed by atoms with Crippen LogP contribution in [0.5, 0.6) is 5.75 Å². The quantitative estimate of drug-likeness (QED) is 0.163. The maximum atomic E-state index is 13.9. The summed E-state index contributed by atoms with van der Waals surface area (Å²) in [5.74, 6) is -0.182. The summed E-state index contributed by atoms with van der Waals surface area (Å²) in [6.45, 7) is 0.333. The number of hydrogen-bond donors (Lipinski definition) is 1. The average molecular weight is 693 g/mol. The number of carbonyl (C=O) groups is 3. The normalized spacial score (nSPS) is 16.0. The minimum absolute atomic E-state index is 0.0210. The van der Waals surface area contributed by atoms with Crippen LogP contribution in [0.15, 0.2) is 73.3 Å². The molecule has 4 heterocycles. The van der Waals surface area contributed by atoms with Gasteiger partial charge in [0.05, 0.1) is 55.0 Å². The summed E-state index contributed by atoms with van der Waals surface area (Å²) in [6, 6.07) is 14.1. The fourth-order valence-electron chi connectivity index (χ4n) is 5.72. The number of pyridine rings is 1. The highest BCUT2D eigenvalue weighted by atomic mass is 35.5. The summed E-state index contributed by atoms with van der Waals surface area (Å²) in [6.07, 6.45) is 7.77. The number of hydrogen-bond acceptors (Lipinski definition) is 8. The molecule has 2 aromatic carbocycles. The van der Waals surface area contributed by atoms with E-state index in [2.05, 4.69) is 15.3 Å². The molecule has 1 aliphatic heterocycles. The van der Waals surface area contributed by atoms with Gasteiger partial charge < -0.3 is 24.3 Å². The third-order valence-corrected chi connectivity index (χ3v) is 9.87. The number of ether oxygens (including phenoxy) is 2.